The first kappa shape index (κ1) is 27.9. The fraction of sp³-hybridized carbons (Fsp3) is 1.00. The van der Waals surface area contributed by atoms with Crippen LogP contribution in [0.15, 0.2) is 0 Å². The Hall–Kier alpha value is -0.640. The summed E-state index contributed by atoms with van der Waals surface area (Å²) in [5.74, 6) is -2.36. The van der Waals surface area contributed by atoms with Gasteiger partial charge in [0.1, 0.15) is 73.8 Å². The summed E-state index contributed by atoms with van der Waals surface area (Å²) in [6.45, 7) is -3.14. The molecule has 3 saturated heterocycles. The molecule has 0 aromatic heterocycles. The average Bonchev–Trinajstić information content (AvgIpc) is 3.08. The summed E-state index contributed by atoms with van der Waals surface area (Å²) >= 11 is 0. The van der Waals surface area contributed by atoms with Crippen LogP contribution >= 0.6 is 0 Å². The third-order valence-corrected chi connectivity index (χ3v) is 6.16. The van der Waals surface area contributed by atoms with Gasteiger partial charge >= 0.3 is 0 Å². The molecule has 3 aliphatic rings. The molecule has 0 unspecified atom stereocenters. The van der Waals surface area contributed by atoms with E-state index in [-0.39, 0.29) is 0 Å². The molecule has 0 aromatic rings. The minimum absolute atomic E-state index is 0.634. The highest BCUT2D eigenvalue weighted by Gasteiger charge is 2.58. The standard InChI is InChI=1S/C18H32O16/c19-1-5-8(22)11(25)13(27)16(31-5)30-3-7-9(23)12(26)14(28)17(32-7)34-18(4-21)15(29)10(24)6(2-20)33-18/h5-17,19-29H,1-4H2/t5-,6+,7-,8+,9+,10-,11+,12+,13+,14+,15-,16-,17+,18-/m1/s1. The van der Waals surface area contributed by atoms with Gasteiger partial charge in [-0.2, -0.15) is 0 Å². The molecular formula is C18H32O16. The molecule has 3 fully saturated rings. The van der Waals surface area contributed by atoms with E-state index < -0.39 is 112 Å². The Morgan fingerprint density at radius 3 is 1.65 bits per heavy atom. The molecule has 16 heteroatoms. The maximum Gasteiger partial charge on any atom is 0.224 e. The normalized spacial score (nSPS) is 52.1. The van der Waals surface area contributed by atoms with Gasteiger partial charge in [-0.3, -0.25) is 0 Å². The molecule has 3 heterocycles. The molecule has 3 rings (SSSR count). The van der Waals surface area contributed by atoms with Crippen LogP contribution in [0.4, 0.5) is 0 Å². The van der Waals surface area contributed by atoms with Crippen LogP contribution in [0.1, 0.15) is 0 Å². The van der Waals surface area contributed by atoms with E-state index in [4.69, 9.17) is 23.7 Å². The SMILES string of the molecule is OC[C@@H]1O[C@](CO)(O[C@@H]2O[C@H](CO[C@@H]3O[C@H](CO)[C@H](O)[C@H](O)[C@@H]3O)[C@H](O)[C@H](O)[C@@H]2O)[C@H](O)[C@@H]1O. The summed E-state index contributed by atoms with van der Waals surface area (Å²) in [5, 5.41) is 109. The molecule has 11 N–H and O–H groups in total. The lowest BCUT2D eigenvalue weighted by atomic mass is 9.98. The molecule has 0 bridgehead atoms. The van der Waals surface area contributed by atoms with Crippen molar-refractivity contribution in [3.05, 3.63) is 0 Å². The zero-order valence-corrected chi connectivity index (χ0v) is 17.8. The molecule has 34 heavy (non-hydrogen) atoms. The maximum absolute atomic E-state index is 10.3. The fourth-order valence-electron chi connectivity index (χ4n) is 4.01. The van der Waals surface area contributed by atoms with Crippen LogP contribution in [0.5, 0.6) is 0 Å². The van der Waals surface area contributed by atoms with Crippen molar-refractivity contribution in [1.29, 1.82) is 0 Å². The van der Waals surface area contributed by atoms with Crippen molar-refractivity contribution >= 4 is 0 Å². The first-order chi connectivity index (χ1) is 16.0. The quantitative estimate of drug-likeness (QED) is 0.146. The number of aliphatic hydroxyl groups is 11. The second-order valence-corrected chi connectivity index (χ2v) is 8.41. The average molecular weight is 504 g/mol. The lowest BCUT2D eigenvalue weighted by Gasteiger charge is -2.44. The van der Waals surface area contributed by atoms with Crippen molar-refractivity contribution in [1.82, 2.24) is 0 Å². The molecule has 0 spiro atoms. The highest BCUT2D eigenvalue weighted by molar-refractivity contribution is 4.98. The van der Waals surface area contributed by atoms with Gasteiger partial charge in [0.25, 0.3) is 0 Å². The number of hydrogen-bond acceptors (Lipinski definition) is 16. The van der Waals surface area contributed by atoms with E-state index >= 15 is 0 Å². The van der Waals surface area contributed by atoms with Gasteiger partial charge in [-0.25, -0.2) is 0 Å². The van der Waals surface area contributed by atoms with E-state index in [1.54, 1.807) is 0 Å². The van der Waals surface area contributed by atoms with Crippen LogP contribution in [-0.4, -0.2) is 168 Å². The lowest BCUT2D eigenvalue weighted by molar-refractivity contribution is -0.388. The monoisotopic (exact) mass is 504 g/mol. The van der Waals surface area contributed by atoms with Crippen molar-refractivity contribution < 1.29 is 79.9 Å². The second kappa shape index (κ2) is 11.2. The summed E-state index contributed by atoms with van der Waals surface area (Å²) in [6, 6.07) is 0. The predicted molar refractivity (Wildman–Crippen MR) is 101 cm³/mol. The molecule has 200 valence electrons. The Balaban J connectivity index is 1.69. The topological polar surface area (TPSA) is 269 Å². The van der Waals surface area contributed by atoms with Crippen molar-refractivity contribution in [3.8, 4) is 0 Å². The lowest BCUT2D eigenvalue weighted by Crippen LogP contribution is -2.63. The molecule has 0 amide bonds. The Bertz CT molecular complexity index is 653. The van der Waals surface area contributed by atoms with Gasteiger partial charge in [-0.1, -0.05) is 0 Å². The van der Waals surface area contributed by atoms with Gasteiger partial charge < -0.3 is 79.9 Å². The van der Waals surface area contributed by atoms with Crippen LogP contribution in [0, 0.1) is 0 Å². The summed E-state index contributed by atoms with van der Waals surface area (Å²) in [4.78, 5) is 0. The van der Waals surface area contributed by atoms with Crippen LogP contribution < -0.4 is 0 Å². The fourth-order valence-corrected chi connectivity index (χ4v) is 4.01. The Morgan fingerprint density at radius 1 is 0.588 bits per heavy atom. The molecule has 16 nitrogen and oxygen atoms in total. The third-order valence-electron chi connectivity index (χ3n) is 6.16. The van der Waals surface area contributed by atoms with Crippen LogP contribution in [0.3, 0.4) is 0 Å². The maximum atomic E-state index is 10.3. The van der Waals surface area contributed by atoms with Gasteiger partial charge in [-0.05, 0) is 0 Å². The van der Waals surface area contributed by atoms with E-state index in [0.717, 1.165) is 0 Å². The van der Waals surface area contributed by atoms with Crippen molar-refractivity contribution in [2.75, 3.05) is 26.4 Å². The first-order valence-corrected chi connectivity index (χ1v) is 10.6. The minimum atomic E-state index is -2.36. The predicted octanol–water partition coefficient (Wildman–Crippen LogP) is -7.57. The van der Waals surface area contributed by atoms with Crippen molar-refractivity contribution in [2.45, 2.75) is 85.5 Å². The summed E-state index contributed by atoms with van der Waals surface area (Å²) < 4.78 is 26.4. The highest BCUT2D eigenvalue weighted by atomic mass is 16.8. The van der Waals surface area contributed by atoms with Crippen molar-refractivity contribution in [3.63, 3.8) is 0 Å². The van der Waals surface area contributed by atoms with Gasteiger partial charge in [0, 0.05) is 0 Å². The molecule has 0 saturated carbocycles. The highest BCUT2D eigenvalue weighted by Crippen LogP contribution is 2.36. The zero-order valence-electron chi connectivity index (χ0n) is 17.8. The van der Waals surface area contributed by atoms with Crippen molar-refractivity contribution in [2.24, 2.45) is 0 Å². The number of rotatable bonds is 8. The Morgan fingerprint density at radius 2 is 1.12 bits per heavy atom. The Kier molecular flexibility index (Phi) is 9.18. The van der Waals surface area contributed by atoms with Gasteiger partial charge in [-0.15, -0.1) is 0 Å². The van der Waals surface area contributed by atoms with Crippen LogP contribution in [0.2, 0.25) is 0 Å². The van der Waals surface area contributed by atoms with Crippen LogP contribution in [0.25, 0.3) is 0 Å². The van der Waals surface area contributed by atoms with Crippen LogP contribution in [-0.2, 0) is 23.7 Å². The minimum Gasteiger partial charge on any atom is -0.394 e. The summed E-state index contributed by atoms with van der Waals surface area (Å²) in [7, 11) is 0. The smallest absolute Gasteiger partial charge is 0.224 e. The summed E-state index contributed by atoms with van der Waals surface area (Å²) in [5.41, 5.74) is 0. The first-order valence-electron chi connectivity index (χ1n) is 10.6. The number of ether oxygens (including phenoxy) is 5. The largest absolute Gasteiger partial charge is 0.394 e. The molecular weight excluding hydrogens is 472 g/mol. The van der Waals surface area contributed by atoms with E-state index in [0.29, 0.717) is 0 Å². The number of hydrogen-bond donors (Lipinski definition) is 11. The van der Waals surface area contributed by atoms with E-state index in [1.807, 2.05) is 0 Å². The van der Waals surface area contributed by atoms with Gasteiger partial charge in [0.15, 0.2) is 12.6 Å². The molecule has 0 radical (unpaired) electrons. The molecule has 3 aliphatic heterocycles. The van der Waals surface area contributed by atoms with Gasteiger partial charge in [0.05, 0.1) is 19.8 Å². The van der Waals surface area contributed by atoms with E-state index in [1.165, 1.54) is 0 Å². The summed E-state index contributed by atoms with van der Waals surface area (Å²) in [6.07, 6.45) is -21.8. The molecule has 0 aliphatic carbocycles. The number of aliphatic hydroxyl groups excluding tert-OH is 11. The molecule has 14 atom stereocenters. The zero-order chi connectivity index (χ0) is 25.4. The van der Waals surface area contributed by atoms with E-state index in [2.05, 4.69) is 0 Å². The van der Waals surface area contributed by atoms with E-state index in [9.17, 15) is 56.2 Å². The molecule has 0 aromatic carbocycles. The third kappa shape index (κ3) is 5.09. The van der Waals surface area contributed by atoms with Gasteiger partial charge in [0.2, 0.25) is 5.79 Å². The second-order valence-electron chi connectivity index (χ2n) is 8.41. The Labute approximate surface area is 192 Å².